The molecule has 0 unspecified atom stereocenters. The molecule has 0 saturated carbocycles. The van der Waals surface area contributed by atoms with Crippen molar-refractivity contribution in [3.8, 4) is 0 Å². The Bertz CT molecular complexity index is 627. The average molecular weight is 369 g/mol. The molecule has 1 N–H and O–H groups in total. The molecule has 0 aliphatic heterocycles. The normalized spacial score (nSPS) is 13.0. The van der Waals surface area contributed by atoms with Crippen molar-refractivity contribution in [1.29, 1.82) is 0 Å². The number of benzene rings is 1. The molecule has 0 spiro atoms. The van der Waals surface area contributed by atoms with E-state index in [-0.39, 0.29) is 19.0 Å². The van der Waals surface area contributed by atoms with Gasteiger partial charge in [0.15, 0.2) is 0 Å². The van der Waals surface area contributed by atoms with E-state index in [9.17, 15) is 13.2 Å². The highest BCUT2D eigenvalue weighted by Crippen LogP contribution is 2.12. The van der Waals surface area contributed by atoms with Crippen molar-refractivity contribution in [2.24, 2.45) is 5.92 Å². The second-order valence-electron chi connectivity index (χ2n) is 6.74. The molecule has 0 heterocycles. The molecule has 1 rings (SSSR count). The number of unbranched alkanes of at least 4 members (excludes halogenated alkanes) is 1. The Kier molecular flexibility index (Phi) is 9.14. The van der Waals surface area contributed by atoms with E-state index in [0.29, 0.717) is 12.5 Å². The van der Waals surface area contributed by atoms with Crippen LogP contribution in [-0.4, -0.2) is 38.0 Å². The van der Waals surface area contributed by atoms with Crippen molar-refractivity contribution < 1.29 is 13.2 Å². The van der Waals surface area contributed by atoms with Crippen LogP contribution in [0, 0.1) is 12.8 Å². The molecule has 1 aromatic carbocycles. The maximum Gasteiger partial charge on any atom is 0.235 e. The molecule has 0 radical (unpaired) electrons. The van der Waals surface area contributed by atoms with Crippen molar-refractivity contribution in [3.63, 3.8) is 0 Å². The summed E-state index contributed by atoms with van der Waals surface area (Å²) in [5.74, 6) is 0.208. The Hall–Kier alpha value is -1.40. The van der Waals surface area contributed by atoms with Crippen LogP contribution in [0.3, 0.4) is 0 Å². The zero-order valence-corrected chi connectivity index (χ0v) is 16.7. The van der Waals surface area contributed by atoms with E-state index in [0.717, 1.165) is 43.1 Å². The SMILES string of the molecule is CCCC[C@@H](CC)CNC(=O)CN(Cc1ccc(C)cc1)S(C)(=O)=O. The molecule has 0 bridgehead atoms. The molecule has 0 aliphatic carbocycles. The molecule has 1 amide bonds. The van der Waals surface area contributed by atoms with Crippen LogP contribution in [-0.2, 0) is 21.4 Å². The summed E-state index contributed by atoms with van der Waals surface area (Å²) in [5.41, 5.74) is 1.99. The number of carbonyl (C=O) groups excluding carboxylic acids is 1. The van der Waals surface area contributed by atoms with Crippen molar-refractivity contribution in [2.75, 3.05) is 19.3 Å². The number of carbonyl (C=O) groups is 1. The molecular weight excluding hydrogens is 336 g/mol. The fraction of sp³-hybridized carbons (Fsp3) is 0.632. The summed E-state index contributed by atoms with van der Waals surface area (Å²) < 4.78 is 25.3. The van der Waals surface area contributed by atoms with Gasteiger partial charge in [-0.3, -0.25) is 4.79 Å². The molecule has 0 fully saturated rings. The second-order valence-corrected chi connectivity index (χ2v) is 8.72. The molecule has 0 aromatic heterocycles. The van der Waals surface area contributed by atoms with Crippen molar-refractivity contribution in [3.05, 3.63) is 35.4 Å². The number of amides is 1. The Morgan fingerprint density at radius 1 is 1.20 bits per heavy atom. The number of rotatable bonds is 11. The minimum atomic E-state index is -3.45. The molecule has 0 aliphatic rings. The Morgan fingerprint density at radius 3 is 2.36 bits per heavy atom. The minimum Gasteiger partial charge on any atom is -0.355 e. The summed E-state index contributed by atoms with van der Waals surface area (Å²) in [6.45, 7) is 6.93. The minimum absolute atomic E-state index is 0.142. The molecule has 6 heteroatoms. The monoisotopic (exact) mass is 368 g/mol. The summed E-state index contributed by atoms with van der Waals surface area (Å²) in [6.07, 6.45) is 5.54. The van der Waals surface area contributed by atoms with Gasteiger partial charge in [0.05, 0.1) is 12.8 Å². The van der Waals surface area contributed by atoms with Gasteiger partial charge < -0.3 is 5.32 Å². The van der Waals surface area contributed by atoms with Gasteiger partial charge in [0, 0.05) is 13.1 Å². The first kappa shape index (κ1) is 21.6. The largest absolute Gasteiger partial charge is 0.355 e. The van der Waals surface area contributed by atoms with Crippen LogP contribution in [0.5, 0.6) is 0 Å². The molecule has 5 nitrogen and oxygen atoms in total. The van der Waals surface area contributed by atoms with Gasteiger partial charge in [0.25, 0.3) is 0 Å². The predicted molar refractivity (Wildman–Crippen MR) is 103 cm³/mol. The van der Waals surface area contributed by atoms with Crippen LogP contribution < -0.4 is 5.32 Å². The lowest BCUT2D eigenvalue weighted by Crippen LogP contribution is -2.41. The van der Waals surface area contributed by atoms with Crippen LogP contribution in [0.1, 0.15) is 50.7 Å². The number of hydrogen-bond acceptors (Lipinski definition) is 3. The fourth-order valence-electron chi connectivity index (χ4n) is 2.61. The number of nitrogens with one attached hydrogen (secondary N) is 1. The van der Waals surface area contributed by atoms with Gasteiger partial charge in [-0.2, -0.15) is 4.31 Å². The van der Waals surface area contributed by atoms with Crippen molar-refractivity contribution >= 4 is 15.9 Å². The van der Waals surface area contributed by atoms with Crippen LogP contribution in [0.2, 0.25) is 0 Å². The first-order valence-electron chi connectivity index (χ1n) is 9.03. The van der Waals surface area contributed by atoms with Crippen molar-refractivity contribution in [1.82, 2.24) is 9.62 Å². The van der Waals surface area contributed by atoms with Gasteiger partial charge in [0.1, 0.15) is 0 Å². The summed E-state index contributed by atoms with van der Waals surface area (Å²) >= 11 is 0. The fourth-order valence-corrected chi connectivity index (χ4v) is 3.34. The molecule has 1 aromatic rings. The van der Waals surface area contributed by atoms with Gasteiger partial charge >= 0.3 is 0 Å². The summed E-state index contributed by atoms with van der Waals surface area (Å²) in [6, 6.07) is 7.66. The zero-order valence-electron chi connectivity index (χ0n) is 15.9. The first-order valence-corrected chi connectivity index (χ1v) is 10.9. The van der Waals surface area contributed by atoms with E-state index in [1.54, 1.807) is 0 Å². The second kappa shape index (κ2) is 10.6. The molecule has 25 heavy (non-hydrogen) atoms. The standard InChI is InChI=1S/C19H32N2O3S/c1-5-7-8-17(6-2)13-20-19(22)15-21(25(4,23)24)14-18-11-9-16(3)10-12-18/h9-12,17H,5-8,13-15H2,1-4H3,(H,20,22)/t17-/m1/s1. The van der Waals surface area contributed by atoms with E-state index in [1.807, 2.05) is 31.2 Å². The van der Waals surface area contributed by atoms with Gasteiger partial charge in [-0.1, -0.05) is 62.9 Å². The summed E-state index contributed by atoms with van der Waals surface area (Å²) in [7, 11) is -3.45. The summed E-state index contributed by atoms with van der Waals surface area (Å²) in [5, 5.41) is 2.89. The van der Waals surface area contributed by atoms with Crippen LogP contribution in [0.4, 0.5) is 0 Å². The van der Waals surface area contributed by atoms with E-state index >= 15 is 0 Å². The highest BCUT2D eigenvalue weighted by atomic mass is 32.2. The zero-order chi connectivity index (χ0) is 18.9. The van der Waals surface area contributed by atoms with E-state index in [2.05, 4.69) is 19.2 Å². The molecule has 0 saturated heterocycles. The number of nitrogens with zero attached hydrogens (tertiary/aromatic N) is 1. The quantitative estimate of drug-likeness (QED) is 0.653. The van der Waals surface area contributed by atoms with Gasteiger partial charge in [0.2, 0.25) is 15.9 Å². The van der Waals surface area contributed by atoms with E-state index < -0.39 is 10.0 Å². The van der Waals surface area contributed by atoms with Gasteiger partial charge in [-0.25, -0.2) is 8.42 Å². The molecular formula is C19H32N2O3S. The Morgan fingerprint density at radius 2 is 1.84 bits per heavy atom. The highest BCUT2D eigenvalue weighted by Gasteiger charge is 2.21. The van der Waals surface area contributed by atoms with Crippen LogP contribution >= 0.6 is 0 Å². The molecule has 142 valence electrons. The molecule has 1 atom stereocenters. The van der Waals surface area contributed by atoms with Gasteiger partial charge in [-0.15, -0.1) is 0 Å². The average Bonchev–Trinajstić information content (AvgIpc) is 2.55. The topological polar surface area (TPSA) is 66.5 Å². The van der Waals surface area contributed by atoms with Gasteiger partial charge in [-0.05, 0) is 24.8 Å². The summed E-state index contributed by atoms with van der Waals surface area (Å²) in [4.78, 5) is 12.2. The van der Waals surface area contributed by atoms with Crippen molar-refractivity contribution in [2.45, 2.75) is 53.0 Å². The number of hydrogen-bond donors (Lipinski definition) is 1. The number of sulfonamides is 1. The number of aryl methyl sites for hydroxylation is 1. The maximum absolute atomic E-state index is 12.2. The third kappa shape index (κ3) is 8.50. The third-order valence-electron chi connectivity index (χ3n) is 4.40. The van der Waals surface area contributed by atoms with E-state index in [4.69, 9.17) is 0 Å². The lowest BCUT2D eigenvalue weighted by molar-refractivity contribution is -0.121. The Balaban J connectivity index is 2.62. The lowest BCUT2D eigenvalue weighted by atomic mass is 9.99. The predicted octanol–water partition coefficient (Wildman–Crippen LogP) is 3.09. The van der Waals surface area contributed by atoms with Crippen LogP contribution in [0.15, 0.2) is 24.3 Å². The Labute approximate surface area is 152 Å². The van der Waals surface area contributed by atoms with Crippen LogP contribution in [0.25, 0.3) is 0 Å². The smallest absolute Gasteiger partial charge is 0.235 e. The van der Waals surface area contributed by atoms with E-state index in [1.165, 1.54) is 4.31 Å². The maximum atomic E-state index is 12.2. The lowest BCUT2D eigenvalue weighted by Gasteiger charge is -2.21. The highest BCUT2D eigenvalue weighted by molar-refractivity contribution is 7.88. The third-order valence-corrected chi connectivity index (χ3v) is 5.60. The first-order chi connectivity index (χ1) is 11.8.